The van der Waals surface area contributed by atoms with Gasteiger partial charge in [0.2, 0.25) is 0 Å². The summed E-state index contributed by atoms with van der Waals surface area (Å²) in [6.45, 7) is 1.92. The van der Waals surface area contributed by atoms with E-state index in [0.29, 0.717) is 11.4 Å². The molecule has 0 saturated heterocycles. The fraction of sp³-hybridized carbons (Fsp3) is 0.133. The van der Waals surface area contributed by atoms with Gasteiger partial charge in [0, 0.05) is 6.54 Å². The Hall–Kier alpha value is -2.69. The molecular formula is C15H15N3O2. The second-order valence-electron chi connectivity index (χ2n) is 4.09. The summed E-state index contributed by atoms with van der Waals surface area (Å²) in [6.07, 6.45) is 0. The first-order valence-electron chi connectivity index (χ1n) is 6.33. The van der Waals surface area contributed by atoms with E-state index in [2.05, 4.69) is 5.29 Å². The van der Waals surface area contributed by atoms with Gasteiger partial charge >= 0.3 is 6.03 Å². The first-order chi connectivity index (χ1) is 9.77. The number of nitrogens with zero attached hydrogens (tertiary/aromatic N) is 3. The molecule has 2 amide bonds. The monoisotopic (exact) mass is 269 g/mol. The zero-order valence-corrected chi connectivity index (χ0v) is 11.1. The zero-order valence-electron chi connectivity index (χ0n) is 11.1. The van der Waals surface area contributed by atoms with Crippen molar-refractivity contribution in [1.82, 2.24) is 5.01 Å². The number of nitroso groups, excluding NO2 is 1. The number of amides is 2. The molecule has 0 bridgehead atoms. The predicted molar refractivity (Wildman–Crippen MR) is 78.6 cm³/mol. The number of benzene rings is 2. The minimum atomic E-state index is -0.472. The third-order valence-electron chi connectivity index (χ3n) is 2.84. The van der Waals surface area contributed by atoms with Gasteiger partial charge in [-0.05, 0) is 31.2 Å². The summed E-state index contributed by atoms with van der Waals surface area (Å²) < 4.78 is 0. The molecule has 0 aliphatic carbocycles. The summed E-state index contributed by atoms with van der Waals surface area (Å²) in [7, 11) is 0. The molecule has 0 aliphatic heterocycles. The molecule has 0 aromatic heterocycles. The number of carbonyl (C=O) groups excluding carboxylic acids is 1. The second-order valence-corrected chi connectivity index (χ2v) is 4.09. The molecule has 0 N–H and O–H groups in total. The van der Waals surface area contributed by atoms with Crippen LogP contribution in [0.5, 0.6) is 0 Å². The molecule has 0 atom stereocenters. The predicted octanol–water partition coefficient (Wildman–Crippen LogP) is 3.95. The average molecular weight is 269 g/mol. The smallest absolute Gasteiger partial charge is 0.261 e. The fourth-order valence-corrected chi connectivity index (χ4v) is 1.87. The van der Waals surface area contributed by atoms with E-state index in [1.165, 1.54) is 4.90 Å². The van der Waals surface area contributed by atoms with E-state index in [0.717, 1.165) is 5.01 Å². The maximum absolute atomic E-state index is 12.5. The van der Waals surface area contributed by atoms with Gasteiger partial charge in [-0.2, -0.15) is 5.01 Å². The summed E-state index contributed by atoms with van der Waals surface area (Å²) in [5.74, 6) is 0. The van der Waals surface area contributed by atoms with Gasteiger partial charge in [0.1, 0.15) is 0 Å². The largest absolute Gasteiger partial charge is 0.352 e. The van der Waals surface area contributed by atoms with Gasteiger partial charge in [0.25, 0.3) is 0 Å². The Kier molecular flexibility index (Phi) is 4.44. The molecule has 2 aromatic carbocycles. The van der Waals surface area contributed by atoms with E-state index < -0.39 is 6.03 Å². The SMILES string of the molecule is CCN(N=O)C(=O)N(c1ccccc1)c1ccccc1. The highest BCUT2D eigenvalue weighted by Crippen LogP contribution is 2.26. The van der Waals surface area contributed by atoms with E-state index in [1.54, 1.807) is 6.92 Å². The third kappa shape index (κ3) is 2.83. The second kappa shape index (κ2) is 6.47. The van der Waals surface area contributed by atoms with Crippen LogP contribution in [0.4, 0.5) is 16.2 Å². The summed E-state index contributed by atoms with van der Waals surface area (Å²) >= 11 is 0. The molecule has 0 unspecified atom stereocenters. The Balaban J connectivity index is 2.45. The summed E-state index contributed by atoms with van der Waals surface area (Å²) in [5.41, 5.74) is 1.37. The van der Waals surface area contributed by atoms with Crippen molar-refractivity contribution in [3.8, 4) is 0 Å². The third-order valence-corrected chi connectivity index (χ3v) is 2.84. The van der Waals surface area contributed by atoms with Crippen LogP contribution in [-0.4, -0.2) is 17.6 Å². The number of hydrogen-bond donors (Lipinski definition) is 0. The van der Waals surface area contributed by atoms with Crippen molar-refractivity contribution in [1.29, 1.82) is 0 Å². The van der Waals surface area contributed by atoms with Crippen LogP contribution in [0.2, 0.25) is 0 Å². The lowest BCUT2D eigenvalue weighted by atomic mass is 10.2. The summed E-state index contributed by atoms with van der Waals surface area (Å²) in [4.78, 5) is 24.7. The van der Waals surface area contributed by atoms with Gasteiger partial charge in [0.15, 0.2) is 0 Å². The van der Waals surface area contributed by atoms with Gasteiger partial charge < -0.3 is 0 Å². The van der Waals surface area contributed by atoms with Crippen molar-refractivity contribution in [2.75, 3.05) is 11.4 Å². The molecule has 20 heavy (non-hydrogen) atoms. The minimum Gasteiger partial charge on any atom is -0.261 e. The van der Waals surface area contributed by atoms with Gasteiger partial charge in [0.05, 0.1) is 16.7 Å². The molecule has 5 nitrogen and oxygen atoms in total. The Morgan fingerprint density at radius 1 is 0.950 bits per heavy atom. The standard InChI is InChI=1S/C15H15N3O2/c1-2-17(16-20)15(19)18(13-9-5-3-6-10-13)14-11-7-4-8-12-14/h3-12H,2H2,1H3. The van der Waals surface area contributed by atoms with Crippen LogP contribution < -0.4 is 4.90 Å². The van der Waals surface area contributed by atoms with E-state index >= 15 is 0 Å². The van der Waals surface area contributed by atoms with Crippen molar-refractivity contribution in [3.63, 3.8) is 0 Å². The Bertz CT molecular complexity index is 533. The molecule has 0 saturated carbocycles. The molecule has 0 radical (unpaired) electrons. The number of anilines is 2. The minimum absolute atomic E-state index is 0.221. The van der Waals surface area contributed by atoms with Crippen LogP contribution in [0.15, 0.2) is 65.9 Å². The van der Waals surface area contributed by atoms with Crippen LogP contribution in [-0.2, 0) is 0 Å². The maximum Gasteiger partial charge on any atom is 0.352 e. The molecule has 2 rings (SSSR count). The molecule has 0 aliphatic rings. The van der Waals surface area contributed by atoms with Crippen LogP contribution in [0.25, 0.3) is 0 Å². The highest BCUT2D eigenvalue weighted by atomic mass is 16.3. The average Bonchev–Trinajstić information content (AvgIpc) is 2.51. The normalized spacial score (nSPS) is 9.85. The molecule has 102 valence electrons. The molecule has 2 aromatic rings. The lowest BCUT2D eigenvalue weighted by molar-refractivity contribution is 0.211. The van der Waals surface area contributed by atoms with Crippen molar-refractivity contribution < 1.29 is 4.79 Å². The van der Waals surface area contributed by atoms with Crippen molar-refractivity contribution >= 4 is 17.4 Å². The van der Waals surface area contributed by atoms with Crippen molar-refractivity contribution in [3.05, 3.63) is 65.6 Å². The van der Waals surface area contributed by atoms with Crippen LogP contribution in [0, 0.1) is 4.91 Å². The Morgan fingerprint density at radius 3 is 1.75 bits per heavy atom. The van der Waals surface area contributed by atoms with E-state index in [4.69, 9.17) is 0 Å². The number of hydrogen-bond acceptors (Lipinski definition) is 3. The van der Waals surface area contributed by atoms with Gasteiger partial charge in [-0.3, -0.25) is 4.90 Å². The summed E-state index contributed by atoms with van der Waals surface area (Å²) in [6, 6.07) is 17.8. The molecule has 5 heteroatoms. The van der Waals surface area contributed by atoms with Gasteiger partial charge in [-0.15, -0.1) is 4.91 Å². The van der Waals surface area contributed by atoms with E-state index in [9.17, 15) is 9.70 Å². The van der Waals surface area contributed by atoms with E-state index in [-0.39, 0.29) is 6.54 Å². The number of carbonyl (C=O) groups is 1. The van der Waals surface area contributed by atoms with Crippen molar-refractivity contribution in [2.45, 2.75) is 6.92 Å². The fourth-order valence-electron chi connectivity index (χ4n) is 1.87. The molecule has 0 heterocycles. The highest BCUT2D eigenvalue weighted by Gasteiger charge is 2.23. The quantitative estimate of drug-likeness (QED) is 0.623. The number of para-hydroxylation sites is 2. The Morgan fingerprint density at radius 2 is 1.40 bits per heavy atom. The topological polar surface area (TPSA) is 53.0 Å². The molecule has 0 spiro atoms. The number of urea groups is 1. The highest BCUT2D eigenvalue weighted by molar-refractivity contribution is 5.99. The Labute approximate surface area is 117 Å². The summed E-state index contributed by atoms with van der Waals surface area (Å²) in [5, 5.41) is 3.66. The zero-order chi connectivity index (χ0) is 14.4. The van der Waals surface area contributed by atoms with Crippen LogP contribution in [0.1, 0.15) is 6.92 Å². The van der Waals surface area contributed by atoms with Crippen LogP contribution >= 0.6 is 0 Å². The van der Waals surface area contributed by atoms with Crippen LogP contribution in [0.3, 0.4) is 0 Å². The first kappa shape index (κ1) is 13.7. The lowest BCUT2D eigenvalue weighted by Gasteiger charge is -2.25. The molecular weight excluding hydrogens is 254 g/mol. The number of rotatable bonds is 4. The lowest BCUT2D eigenvalue weighted by Crippen LogP contribution is -2.37. The maximum atomic E-state index is 12.5. The first-order valence-corrected chi connectivity index (χ1v) is 6.33. The van der Waals surface area contributed by atoms with Gasteiger partial charge in [-0.25, -0.2) is 4.79 Å². The van der Waals surface area contributed by atoms with E-state index in [1.807, 2.05) is 60.7 Å². The molecule has 0 fully saturated rings. The van der Waals surface area contributed by atoms with Crippen molar-refractivity contribution in [2.24, 2.45) is 5.29 Å². The van der Waals surface area contributed by atoms with Gasteiger partial charge in [-0.1, -0.05) is 36.4 Å².